The number of aliphatic imine (C=N–C) groups is 1. The Labute approximate surface area is 176 Å². The van der Waals surface area contributed by atoms with Gasteiger partial charge >= 0.3 is 0 Å². The van der Waals surface area contributed by atoms with Crippen LogP contribution in [-0.2, 0) is 6.54 Å². The first-order chi connectivity index (χ1) is 13.8. The molecule has 1 aliphatic rings. The van der Waals surface area contributed by atoms with Gasteiger partial charge in [0.1, 0.15) is 11.4 Å². The highest BCUT2D eigenvalue weighted by molar-refractivity contribution is 5.79. The lowest BCUT2D eigenvalue weighted by Gasteiger charge is -2.29. The fraction of sp³-hybridized carbons (Fsp3) is 0.696. The van der Waals surface area contributed by atoms with Crippen LogP contribution in [0.25, 0.3) is 0 Å². The van der Waals surface area contributed by atoms with E-state index in [1.807, 2.05) is 0 Å². The van der Waals surface area contributed by atoms with Crippen molar-refractivity contribution in [1.29, 1.82) is 0 Å². The number of likely N-dealkylation sites (tertiary alicyclic amines) is 1. The Hall–Kier alpha value is -1.79. The van der Waals surface area contributed by atoms with Crippen LogP contribution in [0.3, 0.4) is 0 Å². The fourth-order valence-electron chi connectivity index (χ4n) is 3.38. The van der Waals surface area contributed by atoms with Crippen LogP contribution in [0, 0.1) is 6.92 Å². The van der Waals surface area contributed by atoms with Gasteiger partial charge < -0.3 is 25.4 Å². The Morgan fingerprint density at radius 1 is 1.24 bits per heavy atom. The maximum Gasteiger partial charge on any atom is 0.191 e. The molecule has 0 saturated carbocycles. The maximum atomic E-state index is 9.61. The van der Waals surface area contributed by atoms with Crippen molar-refractivity contribution in [3.05, 3.63) is 29.3 Å². The number of rotatable bonds is 8. The van der Waals surface area contributed by atoms with E-state index in [0.29, 0.717) is 6.54 Å². The number of nitrogens with one attached hydrogen (secondary N) is 2. The molecule has 1 aromatic rings. The lowest BCUT2D eigenvalue weighted by Crippen LogP contribution is -2.40. The van der Waals surface area contributed by atoms with E-state index in [9.17, 15) is 5.11 Å². The Balaban J connectivity index is 1.88. The van der Waals surface area contributed by atoms with Gasteiger partial charge in [-0.3, -0.25) is 0 Å². The SMILES string of the molecule is CCNC(=NCc1ccc(C)cc1OC(C)(C)C)NCCCN1CCC(O)CC1. The van der Waals surface area contributed by atoms with Crippen LogP contribution in [0.15, 0.2) is 23.2 Å². The molecule has 6 heteroatoms. The minimum Gasteiger partial charge on any atom is -0.488 e. The highest BCUT2D eigenvalue weighted by atomic mass is 16.5. The van der Waals surface area contributed by atoms with Crippen LogP contribution in [0.1, 0.15) is 58.1 Å². The number of hydrogen-bond donors (Lipinski definition) is 3. The van der Waals surface area contributed by atoms with Crippen molar-refractivity contribution in [2.24, 2.45) is 4.99 Å². The van der Waals surface area contributed by atoms with Crippen LogP contribution in [0.2, 0.25) is 0 Å². The zero-order chi connectivity index (χ0) is 21.3. The number of aryl methyl sites for hydroxylation is 1. The van der Waals surface area contributed by atoms with Crippen molar-refractivity contribution in [3.63, 3.8) is 0 Å². The number of ether oxygens (including phenoxy) is 1. The number of benzene rings is 1. The Bertz CT molecular complexity index is 647. The zero-order valence-corrected chi connectivity index (χ0v) is 18.9. The van der Waals surface area contributed by atoms with Gasteiger partial charge in [-0.05, 0) is 72.1 Å². The molecule has 3 N–H and O–H groups in total. The average molecular weight is 405 g/mol. The fourth-order valence-corrected chi connectivity index (χ4v) is 3.38. The predicted octanol–water partition coefficient (Wildman–Crippen LogP) is 3.07. The van der Waals surface area contributed by atoms with Gasteiger partial charge in [0.05, 0.1) is 12.6 Å². The molecule has 0 unspecified atom stereocenters. The molecule has 1 fully saturated rings. The van der Waals surface area contributed by atoms with Gasteiger partial charge in [0.2, 0.25) is 0 Å². The molecule has 0 radical (unpaired) electrons. The lowest BCUT2D eigenvalue weighted by molar-refractivity contribution is 0.0823. The van der Waals surface area contributed by atoms with Crippen molar-refractivity contribution < 1.29 is 9.84 Å². The van der Waals surface area contributed by atoms with E-state index in [1.165, 1.54) is 5.56 Å². The summed E-state index contributed by atoms with van der Waals surface area (Å²) in [5.41, 5.74) is 2.04. The summed E-state index contributed by atoms with van der Waals surface area (Å²) >= 11 is 0. The molecule has 1 heterocycles. The smallest absolute Gasteiger partial charge is 0.191 e. The number of guanidine groups is 1. The van der Waals surface area contributed by atoms with Crippen LogP contribution >= 0.6 is 0 Å². The largest absolute Gasteiger partial charge is 0.488 e. The molecule has 2 rings (SSSR count). The molecule has 164 valence electrons. The van der Waals surface area contributed by atoms with E-state index < -0.39 is 0 Å². The second-order valence-electron chi connectivity index (χ2n) is 8.87. The summed E-state index contributed by atoms with van der Waals surface area (Å²) in [5, 5.41) is 16.4. The van der Waals surface area contributed by atoms with Crippen LogP contribution in [-0.4, -0.2) is 60.4 Å². The van der Waals surface area contributed by atoms with Gasteiger partial charge in [-0.1, -0.05) is 12.1 Å². The molecule has 0 amide bonds. The third kappa shape index (κ3) is 9.05. The van der Waals surface area contributed by atoms with Gasteiger partial charge in [-0.2, -0.15) is 0 Å². The van der Waals surface area contributed by atoms with Gasteiger partial charge in [0.15, 0.2) is 5.96 Å². The quantitative estimate of drug-likeness (QED) is 0.353. The molecule has 0 aliphatic carbocycles. The molecule has 29 heavy (non-hydrogen) atoms. The van der Waals surface area contributed by atoms with E-state index in [-0.39, 0.29) is 11.7 Å². The van der Waals surface area contributed by atoms with Gasteiger partial charge in [-0.25, -0.2) is 4.99 Å². The summed E-state index contributed by atoms with van der Waals surface area (Å²) in [4.78, 5) is 7.20. The molecule has 1 aromatic carbocycles. The summed E-state index contributed by atoms with van der Waals surface area (Å²) in [5.74, 6) is 1.74. The monoisotopic (exact) mass is 404 g/mol. The summed E-state index contributed by atoms with van der Waals surface area (Å²) < 4.78 is 6.15. The molecule has 0 bridgehead atoms. The highest BCUT2D eigenvalue weighted by Crippen LogP contribution is 2.25. The third-order valence-corrected chi connectivity index (χ3v) is 4.89. The first-order valence-electron chi connectivity index (χ1n) is 11.0. The Kier molecular flexibility index (Phi) is 9.24. The van der Waals surface area contributed by atoms with Crippen LogP contribution in [0.4, 0.5) is 0 Å². The minimum atomic E-state index is -0.237. The molecule has 1 saturated heterocycles. The van der Waals surface area contributed by atoms with Crippen LogP contribution in [0.5, 0.6) is 5.75 Å². The van der Waals surface area contributed by atoms with Gasteiger partial charge in [0, 0.05) is 31.7 Å². The topological polar surface area (TPSA) is 69.1 Å². The molecular weight excluding hydrogens is 364 g/mol. The Morgan fingerprint density at radius 2 is 1.97 bits per heavy atom. The normalized spacial score (nSPS) is 16.7. The first kappa shape index (κ1) is 23.5. The summed E-state index contributed by atoms with van der Waals surface area (Å²) in [6.45, 7) is 15.7. The lowest BCUT2D eigenvalue weighted by atomic mass is 10.1. The zero-order valence-electron chi connectivity index (χ0n) is 18.9. The second-order valence-corrected chi connectivity index (χ2v) is 8.87. The van der Waals surface area contributed by atoms with E-state index >= 15 is 0 Å². The van der Waals surface area contributed by atoms with Crippen molar-refractivity contribution in [2.75, 3.05) is 32.7 Å². The average Bonchev–Trinajstić information content (AvgIpc) is 2.64. The first-order valence-corrected chi connectivity index (χ1v) is 11.0. The minimum absolute atomic E-state index is 0.106. The standard InChI is InChI=1S/C23H40N4O2/c1-6-24-22(25-12-7-13-27-14-10-20(28)11-15-27)26-17-19-9-8-18(2)16-21(19)29-23(3,4)5/h8-9,16,20,28H,6-7,10-15,17H2,1-5H3,(H2,24,25,26). The second kappa shape index (κ2) is 11.4. The van der Waals surface area contributed by atoms with E-state index in [2.05, 4.69) is 68.4 Å². The summed E-state index contributed by atoms with van der Waals surface area (Å²) in [6.07, 6.45) is 2.74. The molecule has 0 spiro atoms. The van der Waals surface area contributed by atoms with Gasteiger partial charge in [-0.15, -0.1) is 0 Å². The third-order valence-electron chi connectivity index (χ3n) is 4.89. The van der Waals surface area contributed by atoms with Crippen LogP contribution < -0.4 is 15.4 Å². The maximum absolute atomic E-state index is 9.61. The molecule has 0 aromatic heterocycles. The number of hydrogen-bond acceptors (Lipinski definition) is 4. The predicted molar refractivity (Wildman–Crippen MR) is 121 cm³/mol. The van der Waals surface area contributed by atoms with Crippen molar-refractivity contribution in [3.8, 4) is 5.75 Å². The molecule has 6 nitrogen and oxygen atoms in total. The summed E-state index contributed by atoms with van der Waals surface area (Å²) in [7, 11) is 0. The summed E-state index contributed by atoms with van der Waals surface area (Å²) in [6, 6.07) is 6.30. The van der Waals surface area contributed by atoms with E-state index in [4.69, 9.17) is 9.73 Å². The van der Waals surface area contributed by atoms with E-state index in [0.717, 1.165) is 69.3 Å². The molecule has 0 atom stereocenters. The number of aliphatic hydroxyl groups excluding tert-OH is 1. The van der Waals surface area contributed by atoms with Crippen molar-refractivity contribution >= 4 is 5.96 Å². The van der Waals surface area contributed by atoms with E-state index in [1.54, 1.807) is 0 Å². The van der Waals surface area contributed by atoms with Gasteiger partial charge in [0.25, 0.3) is 0 Å². The Morgan fingerprint density at radius 3 is 2.62 bits per heavy atom. The molecular formula is C23H40N4O2. The van der Waals surface area contributed by atoms with Crippen molar-refractivity contribution in [1.82, 2.24) is 15.5 Å². The highest BCUT2D eigenvalue weighted by Gasteiger charge is 2.16. The molecule has 1 aliphatic heterocycles. The number of piperidine rings is 1. The number of nitrogens with zero attached hydrogens (tertiary/aromatic N) is 2. The number of aliphatic hydroxyl groups is 1. The van der Waals surface area contributed by atoms with Crippen molar-refractivity contribution in [2.45, 2.75) is 72.1 Å².